The molecule has 0 unspecified atom stereocenters. The number of hydrogen-bond acceptors (Lipinski definition) is 6. The first-order chi connectivity index (χ1) is 15.7. The number of benzene rings is 2. The maximum Gasteiger partial charge on any atom is 0.337 e. The van der Waals surface area contributed by atoms with Crippen LogP contribution in [0.3, 0.4) is 0 Å². The average Bonchev–Trinajstić information content (AvgIpc) is 2.78. The second-order valence-electron chi connectivity index (χ2n) is 7.93. The van der Waals surface area contributed by atoms with Crippen molar-refractivity contribution in [3.63, 3.8) is 0 Å². The molecule has 3 aromatic rings. The van der Waals surface area contributed by atoms with Crippen molar-refractivity contribution in [3.05, 3.63) is 59.0 Å². The molecule has 1 fully saturated rings. The summed E-state index contributed by atoms with van der Waals surface area (Å²) in [6.07, 6.45) is -0.727. The third-order valence-corrected chi connectivity index (χ3v) is 5.64. The number of nitrogens with one attached hydrogen (secondary N) is 1. The normalized spacial score (nSPS) is 16.3. The lowest BCUT2D eigenvalue weighted by Gasteiger charge is -2.32. The lowest BCUT2D eigenvalue weighted by Crippen LogP contribution is -2.40. The molecule has 2 aromatic carbocycles. The molecular weight excluding hydrogens is 435 g/mol. The van der Waals surface area contributed by atoms with Crippen LogP contribution in [-0.2, 0) is 0 Å². The van der Waals surface area contributed by atoms with Crippen LogP contribution in [0.15, 0.2) is 36.4 Å². The molecule has 1 saturated heterocycles. The van der Waals surface area contributed by atoms with E-state index >= 15 is 0 Å². The summed E-state index contributed by atoms with van der Waals surface area (Å²) in [4.78, 5) is 21.9. The standard InChI is InChI=1S/C23H20F3N5O2/c1-13(28-17-5-3-2-4-15(17)22(32)33)16-10-14(24)11-18-20(16)30-21(19(12-27)29-18)31-8-6-23(25,26)7-9-31/h2-5,10-11,13,28H,6-9H2,1H3,(H,32,33)/t13-/m0/s1. The number of hydrogen-bond donors (Lipinski definition) is 2. The number of carboxylic acids is 1. The van der Waals surface area contributed by atoms with Gasteiger partial charge in [0.1, 0.15) is 11.9 Å². The summed E-state index contributed by atoms with van der Waals surface area (Å²) >= 11 is 0. The maximum atomic E-state index is 14.4. The van der Waals surface area contributed by atoms with E-state index in [2.05, 4.69) is 15.3 Å². The highest BCUT2D eigenvalue weighted by atomic mass is 19.3. The highest BCUT2D eigenvalue weighted by Gasteiger charge is 2.35. The van der Waals surface area contributed by atoms with Crippen LogP contribution in [0.1, 0.15) is 47.4 Å². The van der Waals surface area contributed by atoms with Crippen LogP contribution in [0.4, 0.5) is 24.7 Å². The Morgan fingerprint density at radius 3 is 2.61 bits per heavy atom. The van der Waals surface area contributed by atoms with Crippen molar-refractivity contribution >= 4 is 28.5 Å². The molecule has 4 rings (SSSR count). The Kier molecular flexibility index (Phi) is 5.80. The Labute approximate surface area is 187 Å². The Bertz CT molecular complexity index is 1260. The van der Waals surface area contributed by atoms with E-state index in [-0.39, 0.29) is 48.5 Å². The van der Waals surface area contributed by atoms with E-state index in [1.807, 2.05) is 6.07 Å². The fraction of sp³-hybridized carbons (Fsp3) is 0.304. The van der Waals surface area contributed by atoms with Crippen molar-refractivity contribution in [1.29, 1.82) is 5.26 Å². The number of para-hydroxylation sites is 1. The van der Waals surface area contributed by atoms with Crippen molar-refractivity contribution < 1.29 is 23.1 Å². The zero-order chi connectivity index (χ0) is 23.8. The lowest BCUT2D eigenvalue weighted by molar-refractivity contribution is -0.0221. The van der Waals surface area contributed by atoms with Gasteiger partial charge in [-0.1, -0.05) is 12.1 Å². The molecule has 10 heteroatoms. The van der Waals surface area contributed by atoms with Gasteiger partial charge in [0.15, 0.2) is 11.5 Å². The number of fused-ring (bicyclic) bond motifs is 1. The third-order valence-electron chi connectivity index (χ3n) is 5.64. The van der Waals surface area contributed by atoms with Gasteiger partial charge in [-0.15, -0.1) is 0 Å². The van der Waals surface area contributed by atoms with Crippen molar-refractivity contribution in [2.75, 3.05) is 23.3 Å². The highest BCUT2D eigenvalue weighted by Crippen LogP contribution is 2.33. The van der Waals surface area contributed by atoms with Crippen molar-refractivity contribution in [3.8, 4) is 6.07 Å². The zero-order valence-corrected chi connectivity index (χ0v) is 17.6. The molecule has 1 aliphatic rings. The number of rotatable bonds is 5. The largest absolute Gasteiger partial charge is 0.478 e. The summed E-state index contributed by atoms with van der Waals surface area (Å²) in [5.74, 6) is -4.30. The van der Waals surface area contributed by atoms with E-state index in [1.165, 1.54) is 12.1 Å². The van der Waals surface area contributed by atoms with E-state index in [4.69, 9.17) is 0 Å². The van der Waals surface area contributed by atoms with Crippen molar-refractivity contribution in [1.82, 2.24) is 9.97 Å². The van der Waals surface area contributed by atoms with Crippen molar-refractivity contribution in [2.24, 2.45) is 0 Å². The minimum absolute atomic E-state index is 0.0121. The average molecular weight is 455 g/mol. The van der Waals surface area contributed by atoms with Gasteiger partial charge in [0, 0.05) is 43.2 Å². The van der Waals surface area contributed by atoms with E-state index < -0.39 is 23.8 Å². The molecule has 1 aliphatic heterocycles. The maximum absolute atomic E-state index is 14.4. The first-order valence-corrected chi connectivity index (χ1v) is 10.3. The molecule has 0 amide bonds. The molecule has 0 bridgehead atoms. The Morgan fingerprint density at radius 2 is 1.94 bits per heavy atom. The second-order valence-corrected chi connectivity index (χ2v) is 7.93. The van der Waals surface area contributed by atoms with Crippen LogP contribution in [0, 0.1) is 17.1 Å². The molecule has 1 atom stereocenters. The van der Waals surface area contributed by atoms with Crippen LogP contribution < -0.4 is 10.2 Å². The molecule has 1 aromatic heterocycles. The number of aromatic nitrogens is 2. The van der Waals surface area contributed by atoms with Crippen LogP contribution in [0.2, 0.25) is 0 Å². The number of piperidine rings is 1. The Balaban J connectivity index is 1.77. The summed E-state index contributed by atoms with van der Waals surface area (Å²) in [6.45, 7) is 1.74. The monoisotopic (exact) mass is 455 g/mol. The number of aromatic carboxylic acids is 1. The van der Waals surface area contributed by atoms with Gasteiger partial charge in [0.2, 0.25) is 0 Å². The number of halogens is 3. The highest BCUT2D eigenvalue weighted by molar-refractivity contribution is 5.94. The molecular formula is C23H20F3N5O2. The summed E-state index contributed by atoms with van der Waals surface area (Å²) in [5.41, 5.74) is 1.17. The first-order valence-electron chi connectivity index (χ1n) is 10.3. The summed E-state index contributed by atoms with van der Waals surface area (Å²) in [6, 6.07) is 10.1. The SMILES string of the molecule is C[C@H](Nc1ccccc1C(=O)O)c1cc(F)cc2nc(C#N)c(N3CCC(F)(F)CC3)nc12. The summed E-state index contributed by atoms with van der Waals surface area (Å²) in [5, 5.41) is 22.0. The topological polar surface area (TPSA) is 102 Å². The van der Waals surface area contributed by atoms with Gasteiger partial charge < -0.3 is 15.3 Å². The van der Waals surface area contributed by atoms with E-state index in [1.54, 1.807) is 30.0 Å². The number of nitrogens with zero attached hydrogens (tertiary/aromatic N) is 4. The van der Waals surface area contributed by atoms with E-state index in [0.29, 0.717) is 16.8 Å². The van der Waals surface area contributed by atoms with E-state index in [0.717, 1.165) is 6.07 Å². The Hall–Kier alpha value is -3.87. The molecule has 0 spiro atoms. The minimum atomic E-state index is -2.77. The van der Waals surface area contributed by atoms with Crippen LogP contribution in [0.5, 0.6) is 0 Å². The van der Waals surface area contributed by atoms with Gasteiger partial charge in [-0.05, 0) is 25.1 Å². The van der Waals surface area contributed by atoms with E-state index in [9.17, 15) is 28.3 Å². The van der Waals surface area contributed by atoms with Crippen LogP contribution >= 0.6 is 0 Å². The Morgan fingerprint density at radius 1 is 1.24 bits per heavy atom. The van der Waals surface area contributed by atoms with Gasteiger partial charge in [-0.25, -0.2) is 27.9 Å². The van der Waals surface area contributed by atoms with Gasteiger partial charge in [-0.3, -0.25) is 0 Å². The molecule has 7 nitrogen and oxygen atoms in total. The van der Waals surface area contributed by atoms with Crippen molar-refractivity contribution in [2.45, 2.75) is 31.7 Å². The third kappa shape index (κ3) is 4.53. The van der Waals surface area contributed by atoms with Crippen LogP contribution in [0.25, 0.3) is 11.0 Å². The molecule has 170 valence electrons. The zero-order valence-electron chi connectivity index (χ0n) is 17.6. The quantitative estimate of drug-likeness (QED) is 0.573. The number of alkyl halides is 2. The summed E-state index contributed by atoms with van der Waals surface area (Å²) in [7, 11) is 0. The number of nitriles is 1. The molecule has 0 radical (unpaired) electrons. The predicted octanol–water partition coefficient (Wildman–Crippen LogP) is 4.75. The number of carboxylic acid groups (broad SMARTS) is 1. The minimum Gasteiger partial charge on any atom is -0.478 e. The molecule has 2 N–H and O–H groups in total. The first kappa shape index (κ1) is 22.3. The van der Waals surface area contributed by atoms with Gasteiger partial charge in [0.05, 0.1) is 22.6 Å². The number of anilines is 2. The van der Waals surface area contributed by atoms with Gasteiger partial charge in [0.25, 0.3) is 5.92 Å². The smallest absolute Gasteiger partial charge is 0.337 e. The molecule has 0 aliphatic carbocycles. The number of carbonyl (C=O) groups is 1. The van der Waals surface area contributed by atoms with Crippen LogP contribution in [-0.4, -0.2) is 40.1 Å². The van der Waals surface area contributed by atoms with Gasteiger partial charge >= 0.3 is 5.97 Å². The molecule has 33 heavy (non-hydrogen) atoms. The molecule has 2 heterocycles. The summed E-state index contributed by atoms with van der Waals surface area (Å²) < 4.78 is 41.7. The second kappa shape index (κ2) is 8.58. The fourth-order valence-electron chi connectivity index (χ4n) is 3.92. The predicted molar refractivity (Wildman–Crippen MR) is 116 cm³/mol. The van der Waals surface area contributed by atoms with Gasteiger partial charge in [-0.2, -0.15) is 5.26 Å². The molecule has 0 saturated carbocycles. The fourth-order valence-corrected chi connectivity index (χ4v) is 3.92. The lowest BCUT2D eigenvalue weighted by atomic mass is 10.0.